The first-order valence-corrected chi connectivity index (χ1v) is 5.42. The number of hydrogen-bond donors (Lipinski definition) is 2. The van der Waals surface area contributed by atoms with E-state index in [0.29, 0.717) is 12.8 Å². The summed E-state index contributed by atoms with van der Waals surface area (Å²) in [6.45, 7) is 3.56. The second kappa shape index (κ2) is 6.15. The van der Waals surface area contributed by atoms with Gasteiger partial charge in [0.1, 0.15) is 6.61 Å². The summed E-state index contributed by atoms with van der Waals surface area (Å²) in [5.74, 6) is -1.35. The van der Waals surface area contributed by atoms with Crippen LogP contribution in [-0.2, 0) is 9.53 Å². The summed E-state index contributed by atoms with van der Waals surface area (Å²) in [5, 5.41) is 11.6. The van der Waals surface area contributed by atoms with Crippen molar-refractivity contribution in [3.8, 4) is 0 Å². The van der Waals surface area contributed by atoms with Crippen LogP contribution in [0.15, 0.2) is 12.7 Å². The number of hydrogen-bond acceptors (Lipinski definition) is 3. The molecule has 0 aromatic heterocycles. The van der Waals surface area contributed by atoms with Gasteiger partial charge < -0.3 is 15.2 Å². The summed E-state index contributed by atoms with van der Waals surface area (Å²) >= 11 is 0. The van der Waals surface area contributed by atoms with Crippen LogP contribution in [0.4, 0.5) is 4.79 Å². The minimum atomic E-state index is -0.853. The fraction of sp³-hybridized carbons (Fsp3) is 0.636. The Bertz CT molecular complexity index is 277. The minimum Gasteiger partial charge on any atom is -0.481 e. The molecule has 2 atom stereocenters. The number of carbonyl (C=O) groups is 2. The molecule has 0 saturated heterocycles. The number of rotatable bonds is 4. The van der Waals surface area contributed by atoms with Gasteiger partial charge in [-0.25, -0.2) is 4.79 Å². The molecule has 0 unspecified atom stereocenters. The lowest BCUT2D eigenvalue weighted by atomic mass is 9.85. The van der Waals surface area contributed by atoms with Crippen molar-refractivity contribution in [2.75, 3.05) is 6.61 Å². The number of alkyl carbamates (subject to hydrolysis) is 1. The van der Waals surface area contributed by atoms with Crippen molar-refractivity contribution in [2.45, 2.75) is 31.7 Å². The zero-order valence-electron chi connectivity index (χ0n) is 9.15. The van der Waals surface area contributed by atoms with E-state index in [1.807, 2.05) is 0 Å². The van der Waals surface area contributed by atoms with Crippen molar-refractivity contribution in [2.24, 2.45) is 5.92 Å². The number of ether oxygens (including phenoxy) is 1. The first-order chi connectivity index (χ1) is 7.65. The fourth-order valence-electron chi connectivity index (χ4n) is 1.93. The molecular weight excluding hydrogens is 210 g/mol. The molecule has 1 rings (SSSR count). The van der Waals surface area contributed by atoms with E-state index in [1.165, 1.54) is 6.08 Å². The van der Waals surface area contributed by atoms with Crippen molar-refractivity contribution in [3.05, 3.63) is 12.7 Å². The van der Waals surface area contributed by atoms with E-state index in [-0.39, 0.29) is 12.6 Å². The third-order valence-electron chi connectivity index (χ3n) is 2.72. The van der Waals surface area contributed by atoms with E-state index >= 15 is 0 Å². The molecule has 0 aromatic rings. The molecule has 1 aliphatic carbocycles. The quantitative estimate of drug-likeness (QED) is 0.714. The molecule has 16 heavy (non-hydrogen) atoms. The summed E-state index contributed by atoms with van der Waals surface area (Å²) in [6, 6.07) is -0.316. The molecule has 2 N–H and O–H groups in total. The van der Waals surface area contributed by atoms with Crippen LogP contribution >= 0.6 is 0 Å². The highest BCUT2D eigenvalue weighted by Gasteiger charge is 2.31. The Morgan fingerprint density at radius 2 is 2.12 bits per heavy atom. The summed E-state index contributed by atoms with van der Waals surface area (Å²) < 4.78 is 4.76. The average molecular weight is 227 g/mol. The van der Waals surface area contributed by atoms with E-state index in [9.17, 15) is 9.59 Å². The first-order valence-electron chi connectivity index (χ1n) is 5.42. The predicted molar refractivity (Wildman–Crippen MR) is 58.1 cm³/mol. The third-order valence-corrected chi connectivity index (χ3v) is 2.72. The van der Waals surface area contributed by atoms with Gasteiger partial charge in [-0.1, -0.05) is 25.5 Å². The zero-order valence-corrected chi connectivity index (χ0v) is 9.15. The maximum absolute atomic E-state index is 11.3. The van der Waals surface area contributed by atoms with Gasteiger partial charge in [-0.3, -0.25) is 4.79 Å². The standard InChI is InChI=1S/C11H17NO4/c1-2-7-16-11(15)12-9-6-4-3-5-8(9)10(13)14/h2,8-9H,1,3-7H2,(H,12,15)(H,13,14)/t8-,9-/m0/s1. The SMILES string of the molecule is C=CCOC(=O)N[C@H]1CCCC[C@@H]1C(=O)O. The van der Waals surface area contributed by atoms with Crippen LogP contribution in [0.2, 0.25) is 0 Å². The Balaban J connectivity index is 2.46. The number of nitrogens with one attached hydrogen (secondary N) is 1. The summed E-state index contributed by atoms with van der Waals surface area (Å²) in [4.78, 5) is 22.2. The highest BCUT2D eigenvalue weighted by Crippen LogP contribution is 2.24. The lowest BCUT2D eigenvalue weighted by molar-refractivity contribution is -0.143. The van der Waals surface area contributed by atoms with Gasteiger partial charge in [-0.15, -0.1) is 0 Å². The number of carbonyl (C=O) groups excluding carboxylic acids is 1. The van der Waals surface area contributed by atoms with Gasteiger partial charge in [0.15, 0.2) is 0 Å². The predicted octanol–water partition coefficient (Wildman–Crippen LogP) is 1.54. The van der Waals surface area contributed by atoms with Crippen LogP contribution in [-0.4, -0.2) is 29.8 Å². The molecule has 0 aromatic carbocycles. The molecule has 5 nitrogen and oxygen atoms in total. The molecule has 5 heteroatoms. The summed E-state index contributed by atoms with van der Waals surface area (Å²) in [6.07, 6.45) is 4.04. The van der Waals surface area contributed by atoms with Crippen LogP contribution in [0.5, 0.6) is 0 Å². The average Bonchev–Trinajstić information content (AvgIpc) is 2.27. The minimum absolute atomic E-state index is 0.135. The lowest BCUT2D eigenvalue weighted by Gasteiger charge is -2.28. The number of carboxylic acids is 1. The van der Waals surface area contributed by atoms with Crippen molar-refractivity contribution in [1.29, 1.82) is 0 Å². The smallest absolute Gasteiger partial charge is 0.407 e. The molecule has 90 valence electrons. The largest absolute Gasteiger partial charge is 0.481 e. The van der Waals surface area contributed by atoms with E-state index in [1.54, 1.807) is 0 Å². The first kappa shape index (κ1) is 12.5. The summed E-state index contributed by atoms with van der Waals surface area (Å²) in [5.41, 5.74) is 0. The second-order valence-corrected chi connectivity index (χ2v) is 3.87. The molecule has 0 heterocycles. The van der Waals surface area contributed by atoms with Gasteiger partial charge in [-0.05, 0) is 12.8 Å². The monoisotopic (exact) mass is 227 g/mol. The molecule has 0 aliphatic heterocycles. The van der Waals surface area contributed by atoms with Gasteiger partial charge >= 0.3 is 12.1 Å². The zero-order chi connectivity index (χ0) is 12.0. The maximum Gasteiger partial charge on any atom is 0.407 e. The van der Waals surface area contributed by atoms with Crippen LogP contribution in [0, 0.1) is 5.92 Å². The highest BCUT2D eigenvalue weighted by molar-refractivity contribution is 5.73. The fourth-order valence-corrected chi connectivity index (χ4v) is 1.93. The van der Waals surface area contributed by atoms with Crippen molar-refractivity contribution >= 4 is 12.1 Å². The van der Waals surface area contributed by atoms with Crippen LogP contribution < -0.4 is 5.32 Å². The lowest BCUT2D eigenvalue weighted by Crippen LogP contribution is -2.45. The van der Waals surface area contributed by atoms with Crippen LogP contribution in [0.25, 0.3) is 0 Å². The Labute approximate surface area is 94.5 Å². The van der Waals surface area contributed by atoms with Crippen molar-refractivity contribution in [1.82, 2.24) is 5.32 Å². The van der Waals surface area contributed by atoms with Gasteiger partial charge in [0.25, 0.3) is 0 Å². The molecular formula is C11H17NO4. The van der Waals surface area contributed by atoms with Crippen molar-refractivity contribution in [3.63, 3.8) is 0 Å². The Hall–Kier alpha value is -1.52. The van der Waals surface area contributed by atoms with E-state index in [0.717, 1.165) is 12.8 Å². The van der Waals surface area contributed by atoms with E-state index < -0.39 is 18.0 Å². The van der Waals surface area contributed by atoms with Gasteiger partial charge in [0.05, 0.1) is 5.92 Å². The van der Waals surface area contributed by atoms with E-state index in [4.69, 9.17) is 9.84 Å². The topological polar surface area (TPSA) is 75.6 Å². The third kappa shape index (κ3) is 3.56. The Morgan fingerprint density at radius 1 is 1.44 bits per heavy atom. The molecule has 1 amide bonds. The van der Waals surface area contributed by atoms with Gasteiger partial charge in [0.2, 0.25) is 0 Å². The second-order valence-electron chi connectivity index (χ2n) is 3.87. The van der Waals surface area contributed by atoms with Gasteiger partial charge in [0, 0.05) is 6.04 Å². The van der Waals surface area contributed by atoms with Gasteiger partial charge in [-0.2, -0.15) is 0 Å². The number of aliphatic carboxylic acids is 1. The Kier molecular flexibility index (Phi) is 4.82. The normalized spacial score (nSPS) is 24.5. The number of amides is 1. The molecule has 0 radical (unpaired) electrons. The maximum atomic E-state index is 11.3. The molecule has 0 spiro atoms. The molecule has 0 bridgehead atoms. The van der Waals surface area contributed by atoms with Crippen LogP contribution in [0.3, 0.4) is 0 Å². The number of carboxylic acid groups (broad SMARTS) is 1. The molecule has 1 saturated carbocycles. The molecule has 1 aliphatic rings. The Morgan fingerprint density at radius 3 is 2.75 bits per heavy atom. The molecule has 1 fully saturated rings. The van der Waals surface area contributed by atoms with Crippen molar-refractivity contribution < 1.29 is 19.4 Å². The highest BCUT2D eigenvalue weighted by atomic mass is 16.5. The van der Waals surface area contributed by atoms with E-state index in [2.05, 4.69) is 11.9 Å². The van der Waals surface area contributed by atoms with Crippen LogP contribution in [0.1, 0.15) is 25.7 Å². The summed E-state index contributed by atoms with van der Waals surface area (Å²) in [7, 11) is 0.